The lowest BCUT2D eigenvalue weighted by Gasteiger charge is -2.36. The van der Waals surface area contributed by atoms with E-state index in [1.54, 1.807) is 4.90 Å². The first kappa shape index (κ1) is 20.8. The van der Waals surface area contributed by atoms with E-state index >= 15 is 0 Å². The number of benzene rings is 1. The summed E-state index contributed by atoms with van der Waals surface area (Å²) in [5.74, 6) is 0.127. The predicted molar refractivity (Wildman–Crippen MR) is 99.5 cm³/mol. The number of pyridine rings is 1. The number of imidazole rings is 1. The van der Waals surface area contributed by atoms with Crippen LogP contribution >= 0.6 is 0 Å². The Hall–Kier alpha value is -3.49. The molecule has 0 atom stereocenters. The minimum atomic E-state index is -4.69. The number of alkyl halides is 6. The number of nitrogens with zero attached hydrogens (tertiary/aromatic N) is 5. The largest absolute Gasteiger partial charge is 0.419 e. The van der Waals surface area contributed by atoms with Gasteiger partial charge in [-0.15, -0.1) is 0 Å². The molecule has 2 aromatic heterocycles. The van der Waals surface area contributed by atoms with Crippen LogP contribution < -0.4 is 9.80 Å². The van der Waals surface area contributed by atoms with E-state index in [0.717, 1.165) is 18.2 Å². The zero-order valence-corrected chi connectivity index (χ0v) is 15.7. The second-order valence-corrected chi connectivity index (χ2v) is 6.93. The number of halogens is 6. The third kappa shape index (κ3) is 3.95. The van der Waals surface area contributed by atoms with Crippen LogP contribution in [0.4, 0.5) is 38.1 Å². The minimum absolute atomic E-state index is 0.118. The fraction of sp³-hybridized carbons (Fsp3) is 0.316. The first-order chi connectivity index (χ1) is 14.6. The lowest BCUT2D eigenvalue weighted by Crippen LogP contribution is -2.47. The third-order valence-electron chi connectivity index (χ3n) is 5.01. The summed E-state index contributed by atoms with van der Waals surface area (Å²) in [5.41, 5.74) is -2.09. The van der Waals surface area contributed by atoms with Crippen molar-refractivity contribution in [3.63, 3.8) is 0 Å². The van der Waals surface area contributed by atoms with Gasteiger partial charge in [0.05, 0.1) is 33.8 Å². The van der Waals surface area contributed by atoms with Gasteiger partial charge in [0.25, 0.3) is 0 Å². The molecule has 162 valence electrons. The lowest BCUT2D eigenvalue weighted by atomic mass is 10.1. The molecule has 4 rings (SSSR count). The number of rotatable bonds is 2. The molecule has 0 radical (unpaired) electrons. The molecule has 12 heteroatoms. The molecular weight excluding hydrogens is 426 g/mol. The van der Waals surface area contributed by atoms with Gasteiger partial charge in [0.1, 0.15) is 5.82 Å². The number of piperazine rings is 1. The molecule has 0 amide bonds. The Morgan fingerprint density at radius 1 is 0.935 bits per heavy atom. The highest BCUT2D eigenvalue weighted by Gasteiger charge is 2.37. The predicted octanol–water partition coefficient (Wildman–Crippen LogP) is 4.19. The van der Waals surface area contributed by atoms with E-state index in [2.05, 4.69) is 15.0 Å². The van der Waals surface area contributed by atoms with Crippen LogP contribution in [-0.4, -0.2) is 41.1 Å². The highest BCUT2D eigenvalue weighted by molar-refractivity contribution is 5.81. The zero-order chi connectivity index (χ0) is 22.4. The van der Waals surface area contributed by atoms with E-state index in [0.29, 0.717) is 0 Å². The van der Waals surface area contributed by atoms with Gasteiger partial charge in [0.15, 0.2) is 0 Å². The van der Waals surface area contributed by atoms with Gasteiger partial charge in [-0.25, -0.2) is 9.97 Å². The van der Waals surface area contributed by atoms with Crippen molar-refractivity contribution in [3.05, 3.63) is 47.2 Å². The van der Waals surface area contributed by atoms with Gasteiger partial charge in [-0.05, 0) is 24.3 Å². The molecule has 6 nitrogen and oxygen atoms in total. The summed E-state index contributed by atoms with van der Waals surface area (Å²) in [6.07, 6.45) is -7.93. The summed E-state index contributed by atoms with van der Waals surface area (Å²) in [6.45, 7) is 0.999. The molecule has 3 heterocycles. The molecular formula is C19H14F6N6. The summed E-state index contributed by atoms with van der Waals surface area (Å²) >= 11 is 0. The van der Waals surface area contributed by atoms with Crippen molar-refractivity contribution in [1.82, 2.24) is 15.0 Å². The standard InChI is InChI=1S/C19H14F6N6/c20-18(21,22)12-2-1-3-27-16(12)30-4-6-31(7-5-30)17-28-14-8-11(10-26)13(19(23,24)25)9-15(14)29-17/h1-3,8-9H,4-7H2,(H,28,29). The SMILES string of the molecule is N#Cc1cc2nc(N3CCN(c4ncccc4C(F)(F)F)CC3)[nH]c2cc1C(F)(F)F. The number of H-pyrrole nitrogens is 1. The summed E-state index contributed by atoms with van der Waals surface area (Å²) in [5, 5.41) is 9.02. The van der Waals surface area contributed by atoms with Crippen LogP contribution in [0, 0.1) is 11.3 Å². The molecule has 1 saturated heterocycles. The number of aromatic amines is 1. The van der Waals surface area contributed by atoms with Gasteiger partial charge in [-0.1, -0.05) is 0 Å². The number of hydrogen-bond acceptors (Lipinski definition) is 5. The number of fused-ring (bicyclic) bond motifs is 1. The van der Waals surface area contributed by atoms with E-state index in [-0.39, 0.29) is 49.0 Å². The summed E-state index contributed by atoms with van der Waals surface area (Å²) < 4.78 is 79.2. The van der Waals surface area contributed by atoms with Crippen LogP contribution in [0.1, 0.15) is 16.7 Å². The van der Waals surface area contributed by atoms with Crippen LogP contribution in [0.2, 0.25) is 0 Å². The van der Waals surface area contributed by atoms with Crippen molar-refractivity contribution in [2.24, 2.45) is 0 Å². The molecule has 0 saturated carbocycles. The van der Waals surface area contributed by atoms with Gasteiger partial charge >= 0.3 is 12.4 Å². The van der Waals surface area contributed by atoms with Gasteiger partial charge < -0.3 is 14.8 Å². The summed E-state index contributed by atoms with van der Waals surface area (Å²) in [6, 6.07) is 5.63. The number of anilines is 2. The van der Waals surface area contributed by atoms with Crippen LogP contribution in [0.5, 0.6) is 0 Å². The average molecular weight is 440 g/mol. The average Bonchev–Trinajstić information content (AvgIpc) is 3.15. The Labute approximate surface area is 171 Å². The molecule has 1 aromatic carbocycles. The van der Waals surface area contributed by atoms with Crippen molar-refractivity contribution in [3.8, 4) is 6.07 Å². The molecule has 1 aliphatic rings. The Morgan fingerprint density at radius 2 is 1.58 bits per heavy atom. The van der Waals surface area contributed by atoms with Crippen molar-refractivity contribution < 1.29 is 26.3 Å². The zero-order valence-electron chi connectivity index (χ0n) is 15.7. The Kier molecular flexibility index (Phi) is 4.91. The van der Waals surface area contributed by atoms with Gasteiger partial charge in [0, 0.05) is 32.4 Å². The van der Waals surface area contributed by atoms with Crippen LogP contribution in [0.15, 0.2) is 30.5 Å². The minimum Gasteiger partial charge on any atom is -0.353 e. The molecule has 0 unspecified atom stereocenters. The lowest BCUT2D eigenvalue weighted by molar-refractivity contribution is -0.138. The number of hydrogen-bond donors (Lipinski definition) is 1. The van der Waals surface area contributed by atoms with Crippen LogP contribution in [-0.2, 0) is 12.4 Å². The van der Waals surface area contributed by atoms with Crippen molar-refractivity contribution in [2.75, 3.05) is 36.0 Å². The van der Waals surface area contributed by atoms with E-state index < -0.39 is 29.0 Å². The number of aromatic nitrogens is 3. The van der Waals surface area contributed by atoms with E-state index in [4.69, 9.17) is 5.26 Å². The maximum atomic E-state index is 13.2. The van der Waals surface area contributed by atoms with Crippen LogP contribution in [0.25, 0.3) is 11.0 Å². The Morgan fingerprint density at radius 3 is 2.19 bits per heavy atom. The third-order valence-corrected chi connectivity index (χ3v) is 5.01. The number of nitriles is 1. The molecule has 0 aliphatic carbocycles. The van der Waals surface area contributed by atoms with Crippen molar-refractivity contribution in [2.45, 2.75) is 12.4 Å². The van der Waals surface area contributed by atoms with Gasteiger partial charge in [0.2, 0.25) is 5.95 Å². The Balaban J connectivity index is 1.57. The van der Waals surface area contributed by atoms with Crippen LogP contribution in [0.3, 0.4) is 0 Å². The highest BCUT2D eigenvalue weighted by atomic mass is 19.4. The molecule has 1 aliphatic heterocycles. The maximum Gasteiger partial charge on any atom is 0.419 e. The van der Waals surface area contributed by atoms with E-state index in [1.165, 1.54) is 23.2 Å². The van der Waals surface area contributed by atoms with Crippen molar-refractivity contribution in [1.29, 1.82) is 5.26 Å². The quantitative estimate of drug-likeness (QED) is 0.605. The fourth-order valence-electron chi connectivity index (χ4n) is 3.52. The molecule has 0 spiro atoms. The van der Waals surface area contributed by atoms with Gasteiger partial charge in [-0.3, -0.25) is 0 Å². The topological polar surface area (TPSA) is 71.8 Å². The second-order valence-electron chi connectivity index (χ2n) is 6.93. The molecule has 1 fully saturated rings. The highest BCUT2D eigenvalue weighted by Crippen LogP contribution is 2.36. The van der Waals surface area contributed by atoms with Crippen molar-refractivity contribution >= 4 is 22.8 Å². The smallest absolute Gasteiger partial charge is 0.353 e. The fourth-order valence-corrected chi connectivity index (χ4v) is 3.52. The monoisotopic (exact) mass is 440 g/mol. The molecule has 3 aromatic rings. The van der Waals surface area contributed by atoms with E-state index in [9.17, 15) is 26.3 Å². The normalized spacial score (nSPS) is 15.4. The molecule has 0 bridgehead atoms. The summed E-state index contributed by atoms with van der Waals surface area (Å²) in [7, 11) is 0. The molecule has 1 N–H and O–H groups in total. The van der Waals surface area contributed by atoms with Gasteiger partial charge in [-0.2, -0.15) is 31.6 Å². The Bertz CT molecular complexity index is 1150. The second kappa shape index (κ2) is 7.33. The first-order valence-electron chi connectivity index (χ1n) is 9.11. The van der Waals surface area contributed by atoms with E-state index in [1.807, 2.05) is 0 Å². The maximum absolute atomic E-state index is 13.2. The number of nitrogens with one attached hydrogen (secondary N) is 1. The summed E-state index contributed by atoms with van der Waals surface area (Å²) in [4.78, 5) is 14.2. The first-order valence-corrected chi connectivity index (χ1v) is 9.11. The molecule has 31 heavy (non-hydrogen) atoms.